The predicted molar refractivity (Wildman–Crippen MR) is 191 cm³/mol. The summed E-state index contributed by atoms with van der Waals surface area (Å²) in [5.41, 5.74) is -4.24. The van der Waals surface area contributed by atoms with Crippen molar-refractivity contribution in [3.63, 3.8) is 0 Å². The number of Topliss-reactive ketones (excluding diaryl/α,β-unsaturated/α-hetero) is 1. The highest BCUT2D eigenvalue weighted by Gasteiger charge is 2.54. The number of esters is 1. The summed E-state index contributed by atoms with van der Waals surface area (Å²) < 4.78 is 43.9. The molecule has 3 rings (SSSR count). The summed E-state index contributed by atoms with van der Waals surface area (Å²) >= 11 is 0. The minimum absolute atomic E-state index is 0.111. The number of hydrogen-bond acceptors (Lipinski definition) is 14. The van der Waals surface area contributed by atoms with Crippen molar-refractivity contribution in [2.45, 2.75) is 179 Å². The Bertz CT molecular complexity index is 1190. The second kappa shape index (κ2) is 17.7. The maximum Gasteiger partial charge on any atom is 0.311 e. The Morgan fingerprint density at radius 1 is 0.846 bits per heavy atom. The largest absolute Gasteiger partial charge is 0.459 e. The number of methoxy groups -OCH3 is 2. The van der Waals surface area contributed by atoms with E-state index in [0.29, 0.717) is 6.42 Å². The molecule has 18 atom stereocenters. The van der Waals surface area contributed by atoms with E-state index in [9.17, 15) is 30.0 Å². The summed E-state index contributed by atoms with van der Waals surface area (Å²) in [6, 6.07) is -0.283. The number of ether oxygens (including phenoxy) is 7. The Labute approximate surface area is 310 Å². The monoisotopic (exact) mass is 747 g/mol. The zero-order valence-electron chi connectivity index (χ0n) is 33.9. The van der Waals surface area contributed by atoms with E-state index in [-0.39, 0.29) is 37.2 Å². The van der Waals surface area contributed by atoms with Crippen molar-refractivity contribution in [2.24, 2.45) is 23.7 Å². The van der Waals surface area contributed by atoms with Crippen LogP contribution in [0.25, 0.3) is 0 Å². The molecule has 0 saturated carbocycles. The van der Waals surface area contributed by atoms with Crippen molar-refractivity contribution < 1.29 is 63.2 Å². The number of aliphatic hydroxyl groups is 4. The number of carbonyl (C=O) groups excluding carboxylic acids is 2. The molecule has 14 heteroatoms. The fraction of sp³-hybridized carbons (Fsp3) is 0.947. The second-order valence-corrected chi connectivity index (χ2v) is 16.6. The standard InChI is InChI=1S/C38H69NO13/c1-15-26-38(10,45)31(42)21(4)28(40)19(2)17-37(9,47-14)33(52-35-29(41)25(39(11)12)16-20(3)48-35)22(5)30(23(6)34(44)50-26)51-27-18-36(8,46-13)32(43)24(7)49-27/h19-27,29-33,35,41-43,45H,15-18H2,1-14H3/t19-,20?,21+,22+,23-,24-,25?,26-,27+,29?,30+,31-,32+,33-,35+,36?,37-,38-/m1/s1. The van der Waals surface area contributed by atoms with E-state index in [0.717, 1.165) is 0 Å². The Hall–Kier alpha value is -1.30. The maximum absolute atomic E-state index is 14.2. The molecule has 0 aromatic carbocycles. The third-order valence-electron chi connectivity index (χ3n) is 12.3. The molecule has 0 aromatic heterocycles. The molecule has 3 fully saturated rings. The van der Waals surface area contributed by atoms with Gasteiger partial charge in [0, 0.05) is 44.4 Å². The van der Waals surface area contributed by atoms with Crippen LogP contribution >= 0.6 is 0 Å². The van der Waals surface area contributed by atoms with E-state index >= 15 is 0 Å². The van der Waals surface area contributed by atoms with E-state index in [1.807, 2.05) is 32.8 Å². The summed E-state index contributed by atoms with van der Waals surface area (Å²) in [6.07, 6.45) is -8.73. The van der Waals surface area contributed by atoms with Crippen LogP contribution in [0.15, 0.2) is 0 Å². The smallest absolute Gasteiger partial charge is 0.311 e. The molecule has 4 N–H and O–H groups in total. The van der Waals surface area contributed by atoms with Crippen LogP contribution in [-0.4, -0.2) is 150 Å². The molecule has 4 unspecified atom stereocenters. The summed E-state index contributed by atoms with van der Waals surface area (Å²) in [4.78, 5) is 30.1. The second-order valence-electron chi connectivity index (χ2n) is 16.6. The van der Waals surface area contributed by atoms with Gasteiger partial charge in [-0.05, 0) is 74.9 Å². The Kier molecular flexibility index (Phi) is 15.3. The van der Waals surface area contributed by atoms with E-state index in [2.05, 4.69) is 0 Å². The Morgan fingerprint density at radius 2 is 1.44 bits per heavy atom. The van der Waals surface area contributed by atoms with Gasteiger partial charge in [0.05, 0.1) is 47.6 Å². The topological polar surface area (TPSA) is 183 Å². The van der Waals surface area contributed by atoms with Crippen LogP contribution in [0.3, 0.4) is 0 Å². The van der Waals surface area contributed by atoms with Crippen LogP contribution in [0.5, 0.6) is 0 Å². The molecule has 0 amide bonds. The average molecular weight is 748 g/mol. The lowest BCUT2D eigenvalue weighted by Crippen LogP contribution is -2.61. The van der Waals surface area contributed by atoms with Crippen molar-refractivity contribution >= 4 is 11.8 Å². The van der Waals surface area contributed by atoms with Gasteiger partial charge in [0.1, 0.15) is 29.7 Å². The highest BCUT2D eigenvalue weighted by atomic mass is 16.7. The van der Waals surface area contributed by atoms with Crippen LogP contribution in [0, 0.1) is 23.7 Å². The lowest BCUT2D eigenvalue weighted by Gasteiger charge is -2.50. The quantitative estimate of drug-likeness (QED) is 0.266. The van der Waals surface area contributed by atoms with Crippen LogP contribution in [-0.2, 0) is 42.7 Å². The summed E-state index contributed by atoms with van der Waals surface area (Å²) in [5, 5.41) is 45.6. The van der Waals surface area contributed by atoms with Crippen molar-refractivity contribution in [1.29, 1.82) is 0 Å². The highest BCUT2D eigenvalue weighted by Crippen LogP contribution is 2.41. The Balaban J connectivity index is 2.22. The predicted octanol–water partition coefficient (Wildman–Crippen LogP) is 2.44. The first-order valence-corrected chi connectivity index (χ1v) is 18.9. The number of nitrogens with zero attached hydrogens (tertiary/aromatic N) is 1. The fourth-order valence-corrected chi connectivity index (χ4v) is 8.58. The minimum Gasteiger partial charge on any atom is -0.459 e. The summed E-state index contributed by atoms with van der Waals surface area (Å²) in [7, 11) is 6.77. The van der Waals surface area contributed by atoms with Gasteiger partial charge in [-0.15, -0.1) is 0 Å². The van der Waals surface area contributed by atoms with Crippen molar-refractivity contribution in [1.82, 2.24) is 4.90 Å². The molecular formula is C38H69NO13. The molecule has 3 aliphatic rings. The van der Waals surface area contributed by atoms with Crippen molar-refractivity contribution in [2.75, 3.05) is 28.3 Å². The number of likely N-dealkylation sites (N-methyl/N-ethyl adjacent to an activating group) is 1. The zero-order valence-corrected chi connectivity index (χ0v) is 33.9. The first-order valence-electron chi connectivity index (χ1n) is 18.9. The minimum atomic E-state index is -1.96. The van der Waals surface area contributed by atoms with Crippen molar-refractivity contribution in [3.8, 4) is 0 Å². The SMILES string of the molecule is CC[C@H]1OC(=O)[C@H](C)[C@@H](O[C@H]2CC(C)(OC)[C@@H](O)[C@@H](C)O2)[C@H](C)[C@@H](O[C@@H]2OC(C)CC(N(C)C)C2O)[C@](C)(OC)C[C@@H](C)C(=O)[C@H](C)[C@@H](O)[C@]1(C)O. The van der Waals surface area contributed by atoms with Gasteiger partial charge in [-0.25, -0.2) is 0 Å². The van der Waals surface area contributed by atoms with E-state index in [4.69, 9.17) is 33.2 Å². The third-order valence-corrected chi connectivity index (χ3v) is 12.3. The van der Waals surface area contributed by atoms with Gasteiger partial charge in [0.15, 0.2) is 12.6 Å². The van der Waals surface area contributed by atoms with E-state index < -0.39 is 102 Å². The molecule has 0 spiro atoms. The van der Waals surface area contributed by atoms with Gasteiger partial charge in [0.2, 0.25) is 0 Å². The lowest BCUT2D eigenvalue weighted by atomic mass is 9.74. The molecule has 0 aliphatic carbocycles. The van der Waals surface area contributed by atoms with Gasteiger partial charge in [-0.3, -0.25) is 9.59 Å². The number of ketones is 1. The summed E-state index contributed by atoms with van der Waals surface area (Å²) in [5.74, 6) is -4.47. The molecule has 0 bridgehead atoms. The van der Waals surface area contributed by atoms with E-state index in [1.165, 1.54) is 21.1 Å². The molecule has 14 nitrogen and oxygen atoms in total. The van der Waals surface area contributed by atoms with Gasteiger partial charge >= 0.3 is 5.97 Å². The molecule has 3 heterocycles. The zero-order chi connectivity index (χ0) is 39.7. The molecule has 3 aliphatic heterocycles. The van der Waals surface area contributed by atoms with Gasteiger partial charge in [-0.2, -0.15) is 0 Å². The first kappa shape index (κ1) is 45.1. The molecule has 52 heavy (non-hydrogen) atoms. The van der Waals surface area contributed by atoms with E-state index in [1.54, 1.807) is 48.5 Å². The third kappa shape index (κ3) is 9.38. The molecule has 0 aromatic rings. The van der Waals surface area contributed by atoms with Crippen LogP contribution in [0.4, 0.5) is 0 Å². The number of aliphatic hydroxyl groups excluding tert-OH is 3. The number of carbonyl (C=O) groups is 2. The number of hydrogen-bond donors (Lipinski definition) is 4. The van der Waals surface area contributed by atoms with Gasteiger partial charge < -0.3 is 58.5 Å². The van der Waals surface area contributed by atoms with Crippen LogP contribution in [0.2, 0.25) is 0 Å². The van der Waals surface area contributed by atoms with Gasteiger partial charge in [0.25, 0.3) is 0 Å². The molecule has 0 radical (unpaired) electrons. The highest BCUT2D eigenvalue weighted by molar-refractivity contribution is 5.83. The van der Waals surface area contributed by atoms with Crippen molar-refractivity contribution in [3.05, 3.63) is 0 Å². The number of rotatable bonds is 8. The van der Waals surface area contributed by atoms with Crippen LogP contribution < -0.4 is 0 Å². The lowest BCUT2D eigenvalue weighted by molar-refractivity contribution is -0.319. The number of cyclic esters (lactones) is 1. The normalized spacial score (nSPS) is 49.0. The maximum atomic E-state index is 14.2. The Morgan fingerprint density at radius 3 is 1.98 bits per heavy atom. The molecule has 304 valence electrons. The fourth-order valence-electron chi connectivity index (χ4n) is 8.58. The average Bonchev–Trinajstić information content (AvgIpc) is 3.09. The first-order chi connectivity index (χ1) is 24.0. The molecular weight excluding hydrogens is 678 g/mol. The van der Waals surface area contributed by atoms with Gasteiger partial charge in [-0.1, -0.05) is 27.7 Å². The van der Waals surface area contributed by atoms with Crippen LogP contribution in [0.1, 0.15) is 94.9 Å². The summed E-state index contributed by atoms with van der Waals surface area (Å²) in [6.45, 7) is 17.1. The molecule has 3 saturated heterocycles.